The Morgan fingerprint density at radius 2 is 1.83 bits per heavy atom. The van der Waals surface area contributed by atoms with Crippen molar-refractivity contribution in [3.63, 3.8) is 0 Å². The van der Waals surface area contributed by atoms with Crippen LogP contribution in [0, 0.1) is 6.92 Å². The molecule has 0 spiro atoms. The topological polar surface area (TPSA) is 66.9 Å². The number of nitrogens with one attached hydrogen (secondary N) is 2. The fourth-order valence-corrected chi connectivity index (χ4v) is 2.13. The minimum absolute atomic E-state index is 0.186. The molecule has 1 heterocycles. The zero-order valence-corrected chi connectivity index (χ0v) is 14.2. The summed E-state index contributed by atoms with van der Waals surface area (Å²) in [4.78, 5) is 20.9. The Labute approximate surface area is 137 Å². The van der Waals surface area contributed by atoms with E-state index in [-0.39, 0.29) is 11.4 Å². The molecule has 0 unspecified atom stereocenters. The van der Waals surface area contributed by atoms with Gasteiger partial charge < -0.3 is 10.6 Å². The number of aryl methyl sites for hydroxylation is 1. The Morgan fingerprint density at radius 3 is 2.48 bits per heavy atom. The second kappa shape index (κ2) is 7.22. The molecule has 0 saturated heterocycles. The molecule has 1 aromatic carbocycles. The molecular weight excluding hydrogens is 288 g/mol. The van der Waals surface area contributed by atoms with Gasteiger partial charge in [-0.2, -0.15) is 0 Å². The lowest BCUT2D eigenvalue weighted by Crippen LogP contribution is -2.41. The molecule has 1 amide bonds. The van der Waals surface area contributed by atoms with E-state index in [1.807, 2.05) is 45.9 Å². The Morgan fingerprint density at radius 1 is 1.13 bits per heavy atom. The summed E-state index contributed by atoms with van der Waals surface area (Å²) in [5, 5.41) is 6.10. The normalized spacial score (nSPS) is 11.1. The van der Waals surface area contributed by atoms with E-state index in [1.165, 1.54) is 5.56 Å². The molecule has 2 rings (SSSR count). The van der Waals surface area contributed by atoms with Gasteiger partial charge >= 0.3 is 0 Å². The molecule has 122 valence electrons. The molecule has 5 nitrogen and oxygen atoms in total. The lowest BCUT2D eigenvalue weighted by Gasteiger charge is -2.20. The number of hydrogen-bond donors (Lipinski definition) is 2. The lowest BCUT2D eigenvalue weighted by molar-refractivity contribution is 0.0914. The second-order valence-electron chi connectivity index (χ2n) is 6.58. The van der Waals surface area contributed by atoms with E-state index >= 15 is 0 Å². The molecule has 0 atom stereocenters. The molecule has 0 fully saturated rings. The fraction of sp³-hybridized carbons (Fsp3) is 0.389. The maximum Gasteiger partial charge on any atom is 0.270 e. The molecule has 2 aromatic rings. The van der Waals surface area contributed by atoms with Gasteiger partial charge in [0.2, 0.25) is 5.95 Å². The standard InChI is InChI=1S/C18H24N4O/c1-13-12-15(16(23)22-18(2,3)4)21-17(20-13)19-11-10-14-8-6-5-7-9-14/h5-9,12H,10-11H2,1-4H3,(H,22,23)(H,19,20,21). The summed E-state index contributed by atoms with van der Waals surface area (Å²) in [6.07, 6.45) is 0.877. The second-order valence-corrected chi connectivity index (χ2v) is 6.58. The van der Waals surface area contributed by atoms with Crippen molar-refractivity contribution < 1.29 is 4.79 Å². The van der Waals surface area contributed by atoms with Crippen LogP contribution in [-0.4, -0.2) is 28.0 Å². The number of hydrogen-bond acceptors (Lipinski definition) is 4. The summed E-state index contributed by atoms with van der Waals surface area (Å²) in [5.41, 5.74) is 2.10. The first-order valence-corrected chi connectivity index (χ1v) is 7.79. The van der Waals surface area contributed by atoms with Crippen LogP contribution in [0.5, 0.6) is 0 Å². The molecule has 0 aliphatic heterocycles. The minimum atomic E-state index is -0.295. The summed E-state index contributed by atoms with van der Waals surface area (Å²) in [6.45, 7) is 8.40. The highest BCUT2D eigenvalue weighted by molar-refractivity contribution is 5.93. The first-order valence-electron chi connectivity index (χ1n) is 7.79. The van der Waals surface area contributed by atoms with Gasteiger partial charge in [-0.05, 0) is 45.7 Å². The van der Waals surface area contributed by atoms with Crippen LogP contribution < -0.4 is 10.6 Å². The number of nitrogens with zero attached hydrogens (tertiary/aromatic N) is 2. The first kappa shape index (κ1) is 16.9. The number of rotatable bonds is 5. The number of aromatic nitrogens is 2. The van der Waals surface area contributed by atoms with Gasteiger partial charge in [0.25, 0.3) is 5.91 Å². The highest BCUT2D eigenvalue weighted by atomic mass is 16.2. The maximum absolute atomic E-state index is 12.2. The van der Waals surface area contributed by atoms with Crippen LogP contribution in [0.4, 0.5) is 5.95 Å². The van der Waals surface area contributed by atoms with Crippen molar-refractivity contribution in [3.8, 4) is 0 Å². The molecule has 0 aliphatic rings. The number of amides is 1. The van der Waals surface area contributed by atoms with E-state index < -0.39 is 0 Å². The zero-order valence-electron chi connectivity index (χ0n) is 14.2. The van der Waals surface area contributed by atoms with E-state index in [4.69, 9.17) is 0 Å². The van der Waals surface area contributed by atoms with Crippen LogP contribution in [-0.2, 0) is 6.42 Å². The molecular formula is C18H24N4O. The molecule has 2 N–H and O–H groups in total. The van der Waals surface area contributed by atoms with Crippen LogP contribution in [0.2, 0.25) is 0 Å². The van der Waals surface area contributed by atoms with Crippen LogP contribution >= 0.6 is 0 Å². The quantitative estimate of drug-likeness (QED) is 0.891. The van der Waals surface area contributed by atoms with Gasteiger partial charge in [0.15, 0.2) is 0 Å². The predicted molar refractivity (Wildman–Crippen MR) is 92.6 cm³/mol. The van der Waals surface area contributed by atoms with Gasteiger partial charge in [-0.1, -0.05) is 30.3 Å². The van der Waals surface area contributed by atoms with E-state index in [0.29, 0.717) is 18.2 Å². The summed E-state index contributed by atoms with van der Waals surface area (Å²) >= 11 is 0. The Bertz CT molecular complexity index is 662. The van der Waals surface area contributed by atoms with Gasteiger partial charge in [-0.3, -0.25) is 4.79 Å². The van der Waals surface area contributed by atoms with Crippen molar-refractivity contribution in [3.05, 3.63) is 53.3 Å². The molecule has 0 radical (unpaired) electrons. The van der Waals surface area contributed by atoms with E-state index in [0.717, 1.165) is 12.1 Å². The molecule has 0 aliphatic carbocycles. The highest BCUT2D eigenvalue weighted by Gasteiger charge is 2.17. The SMILES string of the molecule is Cc1cc(C(=O)NC(C)(C)C)nc(NCCc2ccccc2)n1. The van der Waals surface area contributed by atoms with Gasteiger partial charge in [0.05, 0.1) is 0 Å². The van der Waals surface area contributed by atoms with Crippen molar-refractivity contribution in [2.75, 3.05) is 11.9 Å². The van der Waals surface area contributed by atoms with Gasteiger partial charge in [-0.25, -0.2) is 9.97 Å². The van der Waals surface area contributed by atoms with Crippen LogP contribution in [0.3, 0.4) is 0 Å². The predicted octanol–water partition coefficient (Wildman–Crippen LogP) is 2.97. The van der Waals surface area contributed by atoms with E-state index in [9.17, 15) is 4.79 Å². The average Bonchev–Trinajstić information content (AvgIpc) is 2.46. The molecule has 1 aromatic heterocycles. The van der Waals surface area contributed by atoms with Crippen LogP contribution in [0.15, 0.2) is 36.4 Å². The summed E-state index contributed by atoms with van der Waals surface area (Å²) in [6, 6.07) is 11.9. The summed E-state index contributed by atoms with van der Waals surface area (Å²) < 4.78 is 0. The fourth-order valence-electron chi connectivity index (χ4n) is 2.13. The third kappa shape index (κ3) is 5.70. The van der Waals surface area contributed by atoms with Crippen molar-refractivity contribution in [2.24, 2.45) is 0 Å². The molecule has 0 saturated carbocycles. The third-order valence-electron chi connectivity index (χ3n) is 3.11. The van der Waals surface area contributed by atoms with Crippen molar-refractivity contribution in [2.45, 2.75) is 39.7 Å². The van der Waals surface area contributed by atoms with E-state index in [1.54, 1.807) is 6.07 Å². The van der Waals surface area contributed by atoms with E-state index in [2.05, 4.69) is 32.7 Å². The molecule has 0 bridgehead atoms. The smallest absolute Gasteiger partial charge is 0.270 e. The number of anilines is 1. The number of carbonyl (C=O) groups excluding carboxylic acids is 1. The molecule has 23 heavy (non-hydrogen) atoms. The van der Waals surface area contributed by atoms with Crippen molar-refractivity contribution in [1.29, 1.82) is 0 Å². The molecule has 5 heteroatoms. The van der Waals surface area contributed by atoms with Crippen molar-refractivity contribution >= 4 is 11.9 Å². The van der Waals surface area contributed by atoms with Crippen LogP contribution in [0.1, 0.15) is 42.5 Å². The van der Waals surface area contributed by atoms with Gasteiger partial charge in [0, 0.05) is 17.8 Å². The zero-order chi connectivity index (χ0) is 16.9. The van der Waals surface area contributed by atoms with Gasteiger partial charge in [-0.15, -0.1) is 0 Å². The largest absolute Gasteiger partial charge is 0.354 e. The Hall–Kier alpha value is -2.43. The average molecular weight is 312 g/mol. The summed E-state index contributed by atoms with van der Waals surface area (Å²) in [5.74, 6) is 0.300. The third-order valence-corrected chi connectivity index (χ3v) is 3.11. The number of carbonyl (C=O) groups is 1. The monoisotopic (exact) mass is 312 g/mol. The first-order chi connectivity index (χ1) is 10.8. The Balaban J connectivity index is 2.01. The summed E-state index contributed by atoms with van der Waals surface area (Å²) in [7, 11) is 0. The highest BCUT2D eigenvalue weighted by Crippen LogP contribution is 2.08. The van der Waals surface area contributed by atoms with Gasteiger partial charge in [0.1, 0.15) is 5.69 Å². The van der Waals surface area contributed by atoms with Crippen molar-refractivity contribution in [1.82, 2.24) is 15.3 Å². The maximum atomic E-state index is 12.2. The number of benzene rings is 1. The van der Waals surface area contributed by atoms with Crippen LogP contribution in [0.25, 0.3) is 0 Å². The lowest BCUT2D eigenvalue weighted by atomic mass is 10.1. The minimum Gasteiger partial charge on any atom is -0.354 e. The Kier molecular flexibility index (Phi) is 5.32.